The lowest BCUT2D eigenvalue weighted by molar-refractivity contribution is 0.0386. The van der Waals surface area contributed by atoms with Crippen LogP contribution in [0.15, 0.2) is 33.9 Å². The molecule has 2 rings (SSSR count). The minimum absolute atomic E-state index is 0. The van der Waals surface area contributed by atoms with Crippen LogP contribution in [0.2, 0.25) is 0 Å². The van der Waals surface area contributed by atoms with E-state index in [-0.39, 0.29) is 42.5 Å². The average molecular weight is 501 g/mol. The molecule has 10 heteroatoms. The standard InChI is InChI=1S/C17H19F4N3O2.HI/c1-3-22-16(24-9-17(2,25)13-5-4-6-26-13)23-8-10-14(20)11(18)7-12(19)15(10)21;/h4-7,25H,3,8-9H2,1-2H3,(H2,22,23,24);1H. The summed E-state index contributed by atoms with van der Waals surface area (Å²) < 4.78 is 59.0. The lowest BCUT2D eigenvalue weighted by Crippen LogP contribution is -2.44. The summed E-state index contributed by atoms with van der Waals surface area (Å²) in [7, 11) is 0. The molecule has 1 atom stereocenters. The third-order valence-corrected chi connectivity index (χ3v) is 3.59. The van der Waals surface area contributed by atoms with Gasteiger partial charge in [0.25, 0.3) is 0 Å². The summed E-state index contributed by atoms with van der Waals surface area (Å²) in [6.45, 7) is 3.01. The smallest absolute Gasteiger partial charge is 0.191 e. The SMILES string of the molecule is CCNC(=NCc1c(F)c(F)cc(F)c1F)NCC(C)(O)c1ccco1.I. The Morgan fingerprint density at radius 3 is 2.33 bits per heavy atom. The number of guanidine groups is 1. The van der Waals surface area contributed by atoms with E-state index in [0.29, 0.717) is 12.3 Å². The molecule has 0 saturated carbocycles. The predicted octanol–water partition coefficient (Wildman–Crippen LogP) is 3.42. The number of aliphatic hydroxyl groups is 1. The number of halogens is 5. The van der Waals surface area contributed by atoms with Crippen LogP contribution < -0.4 is 10.6 Å². The Hall–Kier alpha value is -1.82. The molecule has 0 saturated heterocycles. The van der Waals surface area contributed by atoms with Gasteiger partial charge in [-0.1, -0.05) is 0 Å². The van der Waals surface area contributed by atoms with Crippen LogP contribution in [0.1, 0.15) is 25.2 Å². The largest absolute Gasteiger partial charge is 0.466 e. The Morgan fingerprint density at radius 1 is 1.19 bits per heavy atom. The van der Waals surface area contributed by atoms with Crippen LogP contribution in [0.5, 0.6) is 0 Å². The molecule has 0 aliphatic rings. The van der Waals surface area contributed by atoms with Crippen molar-refractivity contribution < 1.29 is 27.1 Å². The molecule has 1 heterocycles. The molecule has 2 aromatic rings. The molecule has 1 unspecified atom stereocenters. The summed E-state index contributed by atoms with van der Waals surface area (Å²) in [5.41, 5.74) is -2.20. The van der Waals surface area contributed by atoms with Gasteiger partial charge in [0.05, 0.1) is 24.9 Å². The minimum atomic E-state index is -1.49. The van der Waals surface area contributed by atoms with E-state index < -0.39 is 41.0 Å². The maximum atomic E-state index is 13.7. The molecule has 0 aliphatic carbocycles. The van der Waals surface area contributed by atoms with Gasteiger partial charge in [0, 0.05) is 12.6 Å². The van der Waals surface area contributed by atoms with E-state index in [4.69, 9.17) is 4.42 Å². The molecule has 0 radical (unpaired) electrons. The van der Waals surface area contributed by atoms with Crippen LogP contribution in [0.3, 0.4) is 0 Å². The Balaban J connectivity index is 0.00000364. The predicted molar refractivity (Wildman–Crippen MR) is 103 cm³/mol. The van der Waals surface area contributed by atoms with Gasteiger partial charge in [0.1, 0.15) is 11.4 Å². The highest BCUT2D eigenvalue weighted by molar-refractivity contribution is 14.0. The van der Waals surface area contributed by atoms with Crippen molar-refractivity contribution in [2.24, 2.45) is 4.99 Å². The van der Waals surface area contributed by atoms with E-state index in [2.05, 4.69) is 15.6 Å². The van der Waals surface area contributed by atoms with Gasteiger partial charge < -0.3 is 20.2 Å². The van der Waals surface area contributed by atoms with Crippen molar-refractivity contribution in [2.45, 2.75) is 26.0 Å². The number of furan rings is 1. The first-order valence-corrected chi connectivity index (χ1v) is 7.86. The molecular weight excluding hydrogens is 481 g/mol. The van der Waals surface area contributed by atoms with E-state index in [1.54, 1.807) is 19.1 Å². The van der Waals surface area contributed by atoms with E-state index in [0.717, 1.165) is 0 Å². The van der Waals surface area contributed by atoms with Gasteiger partial charge in [-0.2, -0.15) is 0 Å². The highest BCUT2D eigenvalue weighted by Crippen LogP contribution is 2.21. The van der Waals surface area contributed by atoms with Crippen LogP contribution in [-0.2, 0) is 12.1 Å². The number of hydrogen-bond donors (Lipinski definition) is 3. The van der Waals surface area contributed by atoms with Crippen LogP contribution in [0.4, 0.5) is 17.6 Å². The molecule has 27 heavy (non-hydrogen) atoms. The third kappa shape index (κ3) is 5.83. The fourth-order valence-electron chi connectivity index (χ4n) is 2.19. The topological polar surface area (TPSA) is 69.8 Å². The van der Waals surface area contributed by atoms with Crippen LogP contribution in [0.25, 0.3) is 0 Å². The maximum Gasteiger partial charge on any atom is 0.191 e. The van der Waals surface area contributed by atoms with Crippen LogP contribution >= 0.6 is 24.0 Å². The molecule has 0 amide bonds. The summed E-state index contributed by atoms with van der Waals surface area (Å²) in [6.07, 6.45) is 1.41. The summed E-state index contributed by atoms with van der Waals surface area (Å²) in [5.74, 6) is -5.56. The van der Waals surface area contributed by atoms with Crippen molar-refractivity contribution in [1.29, 1.82) is 0 Å². The van der Waals surface area contributed by atoms with E-state index in [1.807, 2.05) is 0 Å². The summed E-state index contributed by atoms with van der Waals surface area (Å²) in [5, 5.41) is 16.0. The molecular formula is C17H20F4IN3O2. The van der Waals surface area contributed by atoms with E-state index in [1.165, 1.54) is 13.2 Å². The Labute approximate surface area is 170 Å². The fourth-order valence-corrected chi connectivity index (χ4v) is 2.19. The first-order chi connectivity index (χ1) is 12.3. The van der Waals surface area contributed by atoms with Crippen molar-refractivity contribution in [3.8, 4) is 0 Å². The molecule has 150 valence electrons. The average Bonchev–Trinajstić information content (AvgIpc) is 3.13. The van der Waals surface area contributed by atoms with Crippen molar-refractivity contribution in [3.05, 3.63) is 59.1 Å². The van der Waals surface area contributed by atoms with Crippen molar-refractivity contribution >= 4 is 29.9 Å². The molecule has 1 aromatic heterocycles. The second-order valence-corrected chi connectivity index (χ2v) is 5.75. The van der Waals surface area contributed by atoms with Crippen LogP contribution in [0, 0.1) is 23.3 Å². The van der Waals surface area contributed by atoms with Crippen molar-refractivity contribution in [1.82, 2.24) is 10.6 Å². The van der Waals surface area contributed by atoms with Gasteiger partial charge >= 0.3 is 0 Å². The highest BCUT2D eigenvalue weighted by Gasteiger charge is 2.26. The zero-order valence-corrected chi connectivity index (χ0v) is 17.0. The summed E-state index contributed by atoms with van der Waals surface area (Å²) in [4.78, 5) is 3.91. The minimum Gasteiger partial charge on any atom is -0.466 e. The zero-order chi connectivity index (χ0) is 19.3. The molecule has 0 fully saturated rings. The molecule has 0 spiro atoms. The number of hydrogen-bond acceptors (Lipinski definition) is 3. The van der Waals surface area contributed by atoms with Crippen LogP contribution in [-0.4, -0.2) is 24.2 Å². The molecule has 5 nitrogen and oxygen atoms in total. The number of nitrogens with zero attached hydrogens (tertiary/aromatic N) is 1. The van der Waals surface area contributed by atoms with Gasteiger partial charge in [-0.25, -0.2) is 22.6 Å². The van der Waals surface area contributed by atoms with Gasteiger partial charge in [-0.15, -0.1) is 24.0 Å². The Bertz CT molecular complexity index is 757. The fraction of sp³-hybridized carbons (Fsp3) is 0.353. The quantitative estimate of drug-likeness (QED) is 0.187. The summed E-state index contributed by atoms with van der Waals surface area (Å²) >= 11 is 0. The highest BCUT2D eigenvalue weighted by atomic mass is 127. The maximum absolute atomic E-state index is 13.7. The second-order valence-electron chi connectivity index (χ2n) is 5.75. The first kappa shape index (κ1) is 23.2. The zero-order valence-electron chi connectivity index (χ0n) is 14.7. The molecule has 0 aliphatic heterocycles. The van der Waals surface area contributed by atoms with E-state index >= 15 is 0 Å². The monoisotopic (exact) mass is 501 g/mol. The van der Waals surface area contributed by atoms with Crippen molar-refractivity contribution in [3.63, 3.8) is 0 Å². The van der Waals surface area contributed by atoms with Gasteiger partial charge in [0.15, 0.2) is 29.2 Å². The first-order valence-electron chi connectivity index (χ1n) is 7.86. The van der Waals surface area contributed by atoms with Gasteiger partial charge in [0.2, 0.25) is 0 Å². The number of rotatable bonds is 6. The molecule has 3 N–H and O–H groups in total. The molecule has 1 aromatic carbocycles. The number of benzene rings is 1. The van der Waals surface area contributed by atoms with Gasteiger partial charge in [-0.3, -0.25) is 0 Å². The normalized spacial score (nSPS) is 13.7. The summed E-state index contributed by atoms with van der Waals surface area (Å²) in [6, 6.07) is 3.35. The Morgan fingerprint density at radius 2 is 1.81 bits per heavy atom. The Kier molecular flexibility index (Phi) is 8.54. The molecule has 0 bridgehead atoms. The lowest BCUT2D eigenvalue weighted by Gasteiger charge is -2.22. The number of aliphatic imine (C=N–C) groups is 1. The van der Waals surface area contributed by atoms with E-state index in [9.17, 15) is 22.7 Å². The van der Waals surface area contributed by atoms with Crippen molar-refractivity contribution in [2.75, 3.05) is 13.1 Å². The third-order valence-electron chi connectivity index (χ3n) is 3.59. The lowest BCUT2D eigenvalue weighted by atomic mass is 10.0. The second kappa shape index (κ2) is 9.93. The van der Waals surface area contributed by atoms with Gasteiger partial charge in [-0.05, 0) is 26.0 Å². The number of nitrogens with one attached hydrogen (secondary N) is 2.